The van der Waals surface area contributed by atoms with Gasteiger partial charge in [-0.05, 0) is 13.8 Å². The Morgan fingerprint density at radius 1 is 1.50 bits per heavy atom. The summed E-state index contributed by atoms with van der Waals surface area (Å²) in [7, 11) is 3.56. The lowest BCUT2D eigenvalue weighted by Gasteiger charge is -2.01. The summed E-state index contributed by atoms with van der Waals surface area (Å²) >= 11 is 0. The van der Waals surface area contributed by atoms with E-state index in [0.29, 0.717) is 6.54 Å². The van der Waals surface area contributed by atoms with Crippen LogP contribution in [0.15, 0.2) is 0 Å². The Kier molecular flexibility index (Phi) is 2.83. The Morgan fingerprint density at radius 2 is 2.17 bits per heavy atom. The first-order chi connectivity index (χ1) is 5.66. The van der Waals surface area contributed by atoms with Crippen molar-refractivity contribution in [2.24, 2.45) is 7.05 Å². The van der Waals surface area contributed by atoms with Crippen LogP contribution in [0.4, 0.5) is 0 Å². The molecule has 1 N–H and O–H groups in total. The molecule has 0 fully saturated rings. The maximum absolute atomic E-state index is 4.78. The van der Waals surface area contributed by atoms with Crippen molar-refractivity contribution < 1.29 is 4.84 Å². The number of rotatable bonds is 3. The molecule has 1 aromatic rings. The lowest BCUT2D eigenvalue weighted by molar-refractivity contribution is 0.0864. The van der Waals surface area contributed by atoms with Gasteiger partial charge < -0.3 is 4.84 Å². The number of aromatic nitrogens is 2. The minimum atomic E-state index is 0.710. The van der Waals surface area contributed by atoms with E-state index >= 15 is 0 Å². The van der Waals surface area contributed by atoms with Crippen molar-refractivity contribution in [3.63, 3.8) is 0 Å². The van der Waals surface area contributed by atoms with Crippen molar-refractivity contribution in [3.05, 3.63) is 17.0 Å². The van der Waals surface area contributed by atoms with Crippen LogP contribution in [0.25, 0.3) is 0 Å². The van der Waals surface area contributed by atoms with Gasteiger partial charge in [-0.1, -0.05) is 0 Å². The fraction of sp³-hybridized carbons (Fsp3) is 0.625. The zero-order valence-electron chi connectivity index (χ0n) is 8.01. The van der Waals surface area contributed by atoms with Gasteiger partial charge in [-0.2, -0.15) is 10.6 Å². The molecule has 0 unspecified atom stereocenters. The number of nitrogens with zero attached hydrogens (tertiary/aromatic N) is 2. The van der Waals surface area contributed by atoms with Gasteiger partial charge in [0.15, 0.2) is 0 Å². The molecule has 0 radical (unpaired) electrons. The topological polar surface area (TPSA) is 39.1 Å². The number of hydrogen-bond donors (Lipinski definition) is 1. The summed E-state index contributed by atoms with van der Waals surface area (Å²) in [6.45, 7) is 4.76. The smallest absolute Gasteiger partial charge is 0.0642 e. The van der Waals surface area contributed by atoms with Crippen LogP contribution in [0, 0.1) is 13.8 Å². The SMILES string of the molecule is CONCc1c(C)nn(C)c1C. The first-order valence-corrected chi connectivity index (χ1v) is 3.91. The highest BCUT2D eigenvalue weighted by Crippen LogP contribution is 2.10. The normalized spacial score (nSPS) is 10.7. The van der Waals surface area contributed by atoms with E-state index in [1.807, 2.05) is 25.6 Å². The molecule has 0 saturated heterocycles. The van der Waals surface area contributed by atoms with E-state index in [-0.39, 0.29) is 0 Å². The number of nitrogens with one attached hydrogen (secondary N) is 1. The Balaban J connectivity index is 2.82. The van der Waals surface area contributed by atoms with E-state index in [1.54, 1.807) is 7.11 Å². The molecule has 0 aliphatic rings. The van der Waals surface area contributed by atoms with Gasteiger partial charge in [0.05, 0.1) is 12.8 Å². The third kappa shape index (κ3) is 1.65. The summed E-state index contributed by atoms with van der Waals surface area (Å²) in [5, 5.41) is 4.28. The van der Waals surface area contributed by atoms with Crippen LogP contribution in [0.5, 0.6) is 0 Å². The second kappa shape index (κ2) is 3.69. The van der Waals surface area contributed by atoms with E-state index in [2.05, 4.69) is 10.6 Å². The van der Waals surface area contributed by atoms with E-state index in [9.17, 15) is 0 Å². The van der Waals surface area contributed by atoms with Gasteiger partial charge in [-0.25, -0.2) is 0 Å². The largest absolute Gasteiger partial charge is 0.305 e. The summed E-state index contributed by atoms with van der Waals surface area (Å²) < 4.78 is 1.88. The van der Waals surface area contributed by atoms with Crippen molar-refractivity contribution in [1.29, 1.82) is 0 Å². The van der Waals surface area contributed by atoms with Crippen LogP contribution in [0.3, 0.4) is 0 Å². The van der Waals surface area contributed by atoms with Crippen molar-refractivity contribution >= 4 is 0 Å². The summed E-state index contributed by atoms with van der Waals surface area (Å²) in [6, 6.07) is 0. The molecule has 0 aromatic carbocycles. The summed E-state index contributed by atoms with van der Waals surface area (Å²) in [5.41, 5.74) is 6.25. The van der Waals surface area contributed by atoms with Crippen LogP contribution < -0.4 is 5.48 Å². The summed E-state index contributed by atoms with van der Waals surface area (Å²) in [4.78, 5) is 4.78. The molecule has 4 nitrogen and oxygen atoms in total. The fourth-order valence-electron chi connectivity index (χ4n) is 1.22. The second-order valence-corrected chi connectivity index (χ2v) is 2.80. The molecular weight excluding hydrogens is 154 g/mol. The molecule has 0 aliphatic heterocycles. The molecule has 0 atom stereocenters. The first kappa shape index (κ1) is 9.22. The highest BCUT2D eigenvalue weighted by Gasteiger charge is 2.07. The standard InChI is InChI=1S/C8H15N3O/c1-6-8(5-9-12-4)7(2)11(3)10-6/h9H,5H2,1-4H3. The number of hydrogen-bond acceptors (Lipinski definition) is 3. The maximum atomic E-state index is 4.78. The first-order valence-electron chi connectivity index (χ1n) is 3.91. The van der Waals surface area contributed by atoms with Crippen LogP contribution in [-0.4, -0.2) is 16.9 Å². The van der Waals surface area contributed by atoms with Crippen molar-refractivity contribution in [2.45, 2.75) is 20.4 Å². The molecule has 1 aromatic heterocycles. The lowest BCUT2D eigenvalue weighted by atomic mass is 10.2. The van der Waals surface area contributed by atoms with Crippen LogP contribution >= 0.6 is 0 Å². The molecular formula is C8H15N3O. The number of aryl methyl sites for hydroxylation is 2. The van der Waals surface area contributed by atoms with Gasteiger partial charge >= 0.3 is 0 Å². The summed E-state index contributed by atoms with van der Waals surface area (Å²) in [6.07, 6.45) is 0. The van der Waals surface area contributed by atoms with Crippen molar-refractivity contribution in [3.8, 4) is 0 Å². The monoisotopic (exact) mass is 169 g/mol. The maximum Gasteiger partial charge on any atom is 0.0642 e. The third-order valence-electron chi connectivity index (χ3n) is 2.05. The zero-order chi connectivity index (χ0) is 9.14. The molecule has 0 amide bonds. The molecule has 1 heterocycles. The quantitative estimate of drug-likeness (QED) is 0.676. The number of hydroxylamine groups is 1. The van der Waals surface area contributed by atoms with Crippen molar-refractivity contribution in [2.75, 3.05) is 7.11 Å². The highest BCUT2D eigenvalue weighted by atomic mass is 16.6. The molecule has 4 heteroatoms. The average molecular weight is 169 g/mol. The Hall–Kier alpha value is -0.870. The second-order valence-electron chi connectivity index (χ2n) is 2.80. The van der Waals surface area contributed by atoms with Gasteiger partial charge in [-0.15, -0.1) is 0 Å². The van der Waals surface area contributed by atoms with E-state index < -0.39 is 0 Å². The highest BCUT2D eigenvalue weighted by molar-refractivity contribution is 5.23. The zero-order valence-corrected chi connectivity index (χ0v) is 8.01. The van der Waals surface area contributed by atoms with Gasteiger partial charge in [0, 0.05) is 24.8 Å². The van der Waals surface area contributed by atoms with Crippen molar-refractivity contribution in [1.82, 2.24) is 15.3 Å². The average Bonchev–Trinajstić information content (AvgIpc) is 2.25. The lowest BCUT2D eigenvalue weighted by Crippen LogP contribution is -2.12. The van der Waals surface area contributed by atoms with E-state index in [0.717, 1.165) is 5.69 Å². The molecule has 0 aliphatic carbocycles. The molecule has 0 spiro atoms. The van der Waals surface area contributed by atoms with E-state index in [1.165, 1.54) is 11.3 Å². The molecule has 0 saturated carbocycles. The predicted molar refractivity (Wildman–Crippen MR) is 46.5 cm³/mol. The van der Waals surface area contributed by atoms with Gasteiger partial charge in [-0.3, -0.25) is 4.68 Å². The minimum absolute atomic E-state index is 0.710. The fourth-order valence-corrected chi connectivity index (χ4v) is 1.22. The minimum Gasteiger partial charge on any atom is -0.305 e. The Morgan fingerprint density at radius 3 is 2.58 bits per heavy atom. The van der Waals surface area contributed by atoms with Gasteiger partial charge in [0.2, 0.25) is 0 Å². The van der Waals surface area contributed by atoms with E-state index in [4.69, 9.17) is 4.84 Å². The third-order valence-corrected chi connectivity index (χ3v) is 2.05. The molecule has 12 heavy (non-hydrogen) atoms. The van der Waals surface area contributed by atoms with Gasteiger partial charge in [0.1, 0.15) is 0 Å². The molecule has 68 valence electrons. The van der Waals surface area contributed by atoms with Crippen LogP contribution in [-0.2, 0) is 18.4 Å². The Labute approximate surface area is 72.5 Å². The van der Waals surface area contributed by atoms with Crippen LogP contribution in [0.2, 0.25) is 0 Å². The van der Waals surface area contributed by atoms with Crippen LogP contribution in [0.1, 0.15) is 17.0 Å². The molecule has 0 bridgehead atoms. The Bertz CT molecular complexity index is 268. The molecule has 1 rings (SSSR count). The predicted octanol–water partition coefficient (Wildman–Crippen LogP) is 0.688. The van der Waals surface area contributed by atoms with Gasteiger partial charge in [0.25, 0.3) is 0 Å². The summed E-state index contributed by atoms with van der Waals surface area (Å²) in [5.74, 6) is 0.